The second-order valence-electron chi connectivity index (χ2n) is 4.60. The van der Waals surface area contributed by atoms with Gasteiger partial charge in [-0.05, 0) is 24.0 Å². The molecule has 0 fully saturated rings. The normalized spacial score (nSPS) is 13.6. The summed E-state index contributed by atoms with van der Waals surface area (Å²) in [6, 6.07) is 2.98. The molecule has 0 aliphatic carbocycles. The Balaban J connectivity index is 2.73. The van der Waals surface area contributed by atoms with Gasteiger partial charge in [0.05, 0.1) is 0 Å². The third-order valence-electron chi connectivity index (χ3n) is 2.93. The molecule has 0 saturated carbocycles. The second-order valence-corrected chi connectivity index (χ2v) is 6.36. The molecule has 1 rings (SSSR count). The lowest BCUT2D eigenvalue weighted by Gasteiger charge is -2.16. The highest BCUT2D eigenvalue weighted by Gasteiger charge is 2.16. The molecule has 0 saturated heterocycles. The number of hydrogen-bond acceptors (Lipinski definition) is 5. The molecule has 1 atom stereocenters. The minimum Gasteiger partial charge on any atom is -0.308 e. The van der Waals surface area contributed by atoms with Gasteiger partial charge in [-0.3, -0.25) is 0 Å². The van der Waals surface area contributed by atoms with Crippen LogP contribution in [-0.4, -0.2) is 19.9 Å². The van der Waals surface area contributed by atoms with Gasteiger partial charge in [-0.25, -0.2) is 24.0 Å². The number of nitrogens with one attached hydrogen (secondary N) is 2. The lowest BCUT2D eigenvalue weighted by Crippen LogP contribution is -2.30. The number of pyridine rings is 1. The zero-order valence-corrected chi connectivity index (χ0v) is 11.7. The Labute approximate surface area is 108 Å². The summed E-state index contributed by atoms with van der Waals surface area (Å²) in [6.07, 6.45) is 1.28. The molecule has 102 valence electrons. The second kappa shape index (κ2) is 6.12. The van der Waals surface area contributed by atoms with E-state index in [-0.39, 0.29) is 10.8 Å². The SMILES string of the molecule is CC(C)C(C)CNS(=O)(=O)c1ccc(NN)nc1. The van der Waals surface area contributed by atoms with Crippen molar-refractivity contribution in [3.63, 3.8) is 0 Å². The van der Waals surface area contributed by atoms with Crippen molar-refractivity contribution >= 4 is 15.8 Å². The standard InChI is InChI=1S/C11H20N4O2S/c1-8(2)9(3)6-14-18(16,17)10-4-5-11(15-12)13-7-10/h4-5,7-9,14H,6,12H2,1-3H3,(H,13,15). The smallest absolute Gasteiger partial charge is 0.242 e. The molecule has 0 amide bonds. The van der Waals surface area contributed by atoms with Gasteiger partial charge in [0.1, 0.15) is 10.7 Å². The van der Waals surface area contributed by atoms with E-state index in [1.54, 1.807) is 0 Å². The fraction of sp³-hybridized carbons (Fsp3) is 0.545. The fourth-order valence-electron chi connectivity index (χ4n) is 1.18. The van der Waals surface area contributed by atoms with Crippen molar-refractivity contribution in [2.75, 3.05) is 12.0 Å². The molecule has 7 heteroatoms. The van der Waals surface area contributed by atoms with Gasteiger partial charge in [-0.1, -0.05) is 20.8 Å². The van der Waals surface area contributed by atoms with Gasteiger partial charge < -0.3 is 5.43 Å². The summed E-state index contributed by atoms with van der Waals surface area (Å²) in [5, 5.41) is 0. The van der Waals surface area contributed by atoms with Crippen LogP contribution in [0.5, 0.6) is 0 Å². The molecule has 0 spiro atoms. The summed E-state index contributed by atoms with van der Waals surface area (Å²) < 4.78 is 26.5. The summed E-state index contributed by atoms with van der Waals surface area (Å²) in [7, 11) is -3.49. The van der Waals surface area contributed by atoms with Crippen molar-refractivity contribution in [1.82, 2.24) is 9.71 Å². The number of sulfonamides is 1. The van der Waals surface area contributed by atoms with Gasteiger partial charge in [-0.2, -0.15) is 0 Å². The maximum Gasteiger partial charge on any atom is 0.242 e. The molecule has 1 heterocycles. The topological polar surface area (TPSA) is 97.1 Å². The van der Waals surface area contributed by atoms with E-state index in [2.05, 4.69) is 29.0 Å². The average molecular weight is 272 g/mol. The molecular formula is C11H20N4O2S. The number of rotatable bonds is 6. The Hall–Kier alpha value is -1.18. The summed E-state index contributed by atoms with van der Waals surface area (Å²) in [6.45, 7) is 6.54. The highest BCUT2D eigenvalue weighted by molar-refractivity contribution is 7.89. The number of nitrogens with zero attached hydrogens (tertiary/aromatic N) is 1. The highest BCUT2D eigenvalue weighted by atomic mass is 32.2. The van der Waals surface area contributed by atoms with E-state index in [1.807, 2.05) is 6.92 Å². The average Bonchev–Trinajstić information content (AvgIpc) is 2.36. The first-order valence-corrected chi connectivity index (χ1v) is 7.27. The Morgan fingerprint density at radius 3 is 2.44 bits per heavy atom. The van der Waals surface area contributed by atoms with Crippen molar-refractivity contribution in [3.8, 4) is 0 Å². The van der Waals surface area contributed by atoms with Gasteiger partial charge in [0.15, 0.2) is 0 Å². The molecule has 0 radical (unpaired) electrons. The molecule has 18 heavy (non-hydrogen) atoms. The van der Waals surface area contributed by atoms with Gasteiger partial charge in [0.2, 0.25) is 10.0 Å². The van der Waals surface area contributed by atoms with Crippen LogP contribution in [-0.2, 0) is 10.0 Å². The van der Waals surface area contributed by atoms with Gasteiger partial charge >= 0.3 is 0 Å². The maximum atomic E-state index is 12.0. The number of anilines is 1. The quantitative estimate of drug-likeness (QED) is 0.529. The summed E-state index contributed by atoms with van der Waals surface area (Å²) in [5.41, 5.74) is 2.34. The van der Waals surface area contributed by atoms with E-state index >= 15 is 0 Å². The Kier molecular flexibility index (Phi) is 5.06. The van der Waals surface area contributed by atoms with Crippen molar-refractivity contribution in [3.05, 3.63) is 18.3 Å². The lowest BCUT2D eigenvalue weighted by atomic mass is 9.99. The van der Waals surface area contributed by atoms with E-state index in [0.29, 0.717) is 18.3 Å². The van der Waals surface area contributed by atoms with Crippen molar-refractivity contribution in [2.24, 2.45) is 17.7 Å². The number of nitrogens with two attached hydrogens (primary N) is 1. The van der Waals surface area contributed by atoms with Crippen molar-refractivity contribution in [2.45, 2.75) is 25.7 Å². The maximum absolute atomic E-state index is 12.0. The van der Waals surface area contributed by atoms with Gasteiger partial charge in [0.25, 0.3) is 0 Å². The van der Waals surface area contributed by atoms with Crippen LogP contribution in [0.3, 0.4) is 0 Å². The van der Waals surface area contributed by atoms with Crippen LogP contribution in [0, 0.1) is 11.8 Å². The monoisotopic (exact) mass is 272 g/mol. The summed E-state index contributed by atoms with van der Waals surface area (Å²) >= 11 is 0. The van der Waals surface area contributed by atoms with Gasteiger partial charge in [-0.15, -0.1) is 0 Å². The van der Waals surface area contributed by atoms with Crippen LogP contribution in [0.4, 0.5) is 5.82 Å². The molecule has 4 N–H and O–H groups in total. The van der Waals surface area contributed by atoms with Crippen molar-refractivity contribution < 1.29 is 8.42 Å². The fourth-order valence-corrected chi connectivity index (χ4v) is 2.27. The molecule has 0 aromatic carbocycles. The first kappa shape index (κ1) is 14.9. The first-order chi connectivity index (χ1) is 8.36. The van der Waals surface area contributed by atoms with E-state index in [4.69, 9.17) is 5.84 Å². The number of hydrogen-bond donors (Lipinski definition) is 3. The molecule has 1 unspecified atom stereocenters. The number of aromatic nitrogens is 1. The first-order valence-electron chi connectivity index (χ1n) is 5.79. The predicted octanol–water partition coefficient (Wildman–Crippen LogP) is 0.938. The van der Waals surface area contributed by atoms with Crippen LogP contribution in [0.2, 0.25) is 0 Å². The highest BCUT2D eigenvalue weighted by Crippen LogP contribution is 2.12. The molecule has 0 aliphatic rings. The van der Waals surface area contributed by atoms with E-state index in [9.17, 15) is 8.42 Å². The molecule has 6 nitrogen and oxygen atoms in total. The zero-order chi connectivity index (χ0) is 13.8. The summed E-state index contributed by atoms with van der Waals surface area (Å²) in [5.74, 6) is 6.29. The zero-order valence-electron chi connectivity index (χ0n) is 10.8. The third kappa shape index (κ3) is 3.94. The van der Waals surface area contributed by atoms with E-state index in [1.165, 1.54) is 18.3 Å². The Morgan fingerprint density at radius 2 is 2.00 bits per heavy atom. The lowest BCUT2D eigenvalue weighted by molar-refractivity contribution is 0.414. The Bertz CT molecular complexity index is 470. The third-order valence-corrected chi connectivity index (χ3v) is 4.34. The minimum absolute atomic E-state index is 0.137. The number of nitrogen functional groups attached to an aromatic ring is 1. The van der Waals surface area contributed by atoms with Crippen LogP contribution < -0.4 is 16.0 Å². The molecule has 0 bridgehead atoms. The van der Waals surface area contributed by atoms with Gasteiger partial charge in [0, 0.05) is 12.7 Å². The van der Waals surface area contributed by atoms with Crippen LogP contribution in [0.1, 0.15) is 20.8 Å². The van der Waals surface area contributed by atoms with Crippen LogP contribution >= 0.6 is 0 Å². The molecule has 1 aromatic heterocycles. The molecule has 1 aromatic rings. The Morgan fingerprint density at radius 1 is 1.33 bits per heavy atom. The van der Waals surface area contributed by atoms with Crippen LogP contribution in [0.25, 0.3) is 0 Å². The van der Waals surface area contributed by atoms with Crippen LogP contribution in [0.15, 0.2) is 23.2 Å². The number of hydrazine groups is 1. The van der Waals surface area contributed by atoms with E-state index < -0.39 is 10.0 Å². The minimum atomic E-state index is -3.49. The molecular weight excluding hydrogens is 252 g/mol. The van der Waals surface area contributed by atoms with E-state index in [0.717, 1.165) is 0 Å². The molecule has 0 aliphatic heterocycles. The van der Waals surface area contributed by atoms with Crippen molar-refractivity contribution in [1.29, 1.82) is 0 Å². The largest absolute Gasteiger partial charge is 0.308 e. The predicted molar refractivity (Wildman–Crippen MR) is 71.2 cm³/mol. The summed E-state index contributed by atoms with van der Waals surface area (Å²) in [4.78, 5) is 4.01.